The van der Waals surface area contributed by atoms with Gasteiger partial charge in [0.1, 0.15) is 0 Å². The van der Waals surface area contributed by atoms with Gasteiger partial charge in [-0.3, -0.25) is 0 Å². The lowest BCUT2D eigenvalue weighted by Crippen LogP contribution is -2.24. The third-order valence-electron chi connectivity index (χ3n) is 2.91. The fourth-order valence-corrected chi connectivity index (χ4v) is 2.12. The van der Waals surface area contributed by atoms with Crippen molar-refractivity contribution in [1.82, 2.24) is 15.3 Å². The molecule has 0 aromatic carbocycles. The van der Waals surface area contributed by atoms with E-state index in [4.69, 9.17) is 0 Å². The SMILES string of the molecule is CSCCN(C)c1ncc(CNCC(C)C)c(C)n1. The molecule has 0 aliphatic carbocycles. The first-order chi connectivity index (χ1) is 9.04. The van der Waals surface area contributed by atoms with E-state index in [-0.39, 0.29) is 0 Å². The second-order valence-corrected chi connectivity index (χ2v) is 6.21. The van der Waals surface area contributed by atoms with Crippen LogP contribution in [0.2, 0.25) is 0 Å². The van der Waals surface area contributed by atoms with Crippen LogP contribution in [0.25, 0.3) is 0 Å². The first kappa shape index (κ1) is 16.2. The molecule has 1 N–H and O–H groups in total. The highest BCUT2D eigenvalue weighted by Crippen LogP contribution is 2.10. The van der Waals surface area contributed by atoms with Crippen LogP contribution in [0.15, 0.2) is 6.20 Å². The summed E-state index contributed by atoms with van der Waals surface area (Å²) in [6, 6.07) is 0. The Morgan fingerprint density at radius 1 is 1.42 bits per heavy atom. The van der Waals surface area contributed by atoms with Gasteiger partial charge in [-0.2, -0.15) is 11.8 Å². The topological polar surface area (TPSA) is 41.1 Å². The van der Waals surface area contributed by atoms with Gasteiger partial charge in [0.25, 0.3) is 0 Å². The van der Waals surface area contributed by atoms with E-state index in [1.54, 1.807) is 0 Å². The summed E-state index contributed by atoms with van der Waals surface area (Å²) in [5, 5.41) is 3.43. The second-order valence-electron chi connectivity index (χ2n) is 5.22. The summed E-state index contributed by atoms with van der Waals surface area (Å²) < 4.78 is 0. The van der Waals surface area contributed by atoms with E-state index in [0.29, 0.717) is 5.92 Å². The average Bonchev–Trinajstić information content (AvgIpc) is 2.37. The van der Waals surface area contributed by atoms with Gasteiger partial charge in [0.15, 0.2) is 0 Å². The van der Waals surface area contributed by atoms with Crippen molar-refractivity contribution < 1.29 is 0 Å². The van der Waals surface area contributed by atoms with E-state index in [0.717, 1.165) is 37.0 Å². The third-order valence-corrected chi connectivity index (χ3v) is 3.50. The Morgan fingerprint density at radius 3 is 2.74 bits per heavy atom. The highest BCUT2D eigenvalue weighted by Gasteiger charge is 2.07. The number of aryl methyl sites for hydroxylation is 1. The molecule has 0 aliphatic heterocycles. The second kappa shape index (κ2) is 8.38. The average molecular weight is 282 g/mol. The Labute approximate surface area is 121 Å². The van der Waals surface area contributed by atoms with E-state index in [2.05, 4.69) is 47.2 Å². The summed E-state index contributed by atoms with van der Waals surface area (Å²) in [7, 11) is 2.04. The van der Waals surface area contributed by atoms with E-state index >= 15 is 0 Å². The van der Waals surface area contributed by atoms with Gasteiger partial charge in [0.05, 0.1) is 0 Å². The number of rotatable bonds is 8. The van der Waals surface area contributed by atoms with Gasteiger partial charge in [0.2, 0.25) is 5.95 Å². The van der Waals surface area contributed by atoms with Gasteiger partial charge in [-0.1, -0.05) is 13.8 Å². The van der Waals surface area contributed by atoms with Crippen LogP contribution >= 0.6 is 11.8 Å². The van der Waals surface area contributed by atoms with Gasteiger partial charge in [-0.25, -0.2) is 9.97 Å². The van der Waals surface area contributed by atoms with Crippen molar-refractivity contribution in [2.24, 2.45) is 5.92 Å². The molecule has 0 radical (unpaired) electrons. The molecule has 0 saturated heterocycles. The van der Waals surface area contributed by atoms with Gasteiger partial charge in [0, 0.05) is 43.3 Å². The van der Waals surface area contributed by atoms with E-state index in [9.17, 15) is 0 Å². The van der Waals surface area contributed by atoms with E-state index in [1.165, 1.54) is 5.56 Å². The van der Waals surface area contributed by atoms with Crippen LogP contribution < -0.4 is 10.2 Å². The summed E-state index contributed by atoms with van der Waals surface area (Å²) >= 11 is 1.84. The van der Waals surface area contributed by atoms with Crippen LogP contribution in [0.4, 0.5) is 5.95 Å². The number of nitrogens with one attached hydrogen (secondary N) is 1. The molecule has 0 unspecified atom stereocenters. The molecule has 5 heteroatoms. The summed E-state index contributed by atoms with van der Waals surface area (Å²) in [6.45, 7) is 9.32. The molecular weight excluding hydrogens is 256 g/mol. The fraction of sp³-hybridized carbons (Fsp3) is 0.714. The number of hydrogen-bond donors (Lipinski definition) is 1. The van der Waals surface area contributed by atoms with Crippen LogP contribution in [0.1, 0.15) is 25.1 Å². The molecule has 1 aromatic heterocycles. The predicted molar refractivity (Wildman–Crippen MR) is 85.0 cm³/mol. The summed E-state index contributed by atoms with van der Waals surface area (Å²) in [5.41, 5.74) is 2.25. The zero-order valence-corrected chi connectivity index (χ0v) is 13.5. The standard InChI is InChI=1S/C14H26N4S/c1-11(2)8-15-9-13-10-16-14(17-12(13)3)18(4)6-7-19-5/h10-11,15H,6-9H2,1-5H3. The van der Waals surface area contributed by atoms with Crippen LogP contribution in [0.3, 0.4) is 0 Å². The zero-order chi connectivity index (χ0) is 14.3. The van der Waals surface area contributed by atoms with Crippen molar-refractivity contribution in [3.05, 3.63) is 17.5 Å². The van der Waals surface area contributed by atoms with Crippen molar-refractivity contribution >= 4 is 17.7 Å². The summed E-state index contributed by atoms with van der Waals surface area (Å²) in [4.78, 5) is 11.2. The first-order valence-electron chi connectivity index (χ1n) is 6.78. The van der Waals surface area contributed by atoms with Gasteiger partial charge in [-0.05, 0) is 25.6 Å². The van der Waals surface area contributed by atoms with Gasteiger partial charge < -0.3 is 10.2 Å². The lowest BCUT2D eigenvalue weighted by atomic mass is 10.2. The molecule has 0 amide bonds. The van der Waals surface area contributed by atoms with Crippen LogP contribution in [0.5, 0.6) is 0 Å². The number of nitrogens with zero attached hydrogens (tertiary/aromatic N) is 3. The molecule has 0 atom stereocenters. The van der Waals surface area contributed by atoms with Crippen molar-refractivity contribution in [2.45, 2.75) is 27.3 Å². The molecule has 19 heavy (non-hydrogen) atoms. The highest BCUT2D eigenvalue weighted by molar-refractivity contribution is 7.98. The molecule has 1 aromatic rings. The number of thioether (sulfide) groups is 1. The van der Waals surface area contributed by atoms with Crippen molar-refractivity contribution in [1.29, 1.82) is 0 Å². The zero-order valence-electron chi connectivity index (χ0n) is 12.7. The molecule has 0 bridgehead atoms. The highest BCUT2D eigenvalue weighted by atomic mass is 32.2. The molecule has 0 saturated carbocycles. The summed E-state index contributed by atoms with van der Waals surface area (Å²) in [6.07, 6.45) is 4.06. The monoisotopic (exact) mass is 282 g/mol. The maximum Gasteiger partial charge on any atom is 0.225 e. The number of hydrogen-bond acceptors (Lipinski definition) is 5. The molecule has 4 nitrogen and oxygen atoms in total. The molecule has 108 valence electrons. The minimum Gasteiger partial charge on any atom is -0.343 e. The maximum atomic E-state index is 4.59. The lowest BCUT2D eigenvalue weighted by Gasteiger charge is -2.17. The number of anilines is 1. The van der Waals surface area contributed by atoms with Crippen LogP contribution in [-0.4, -0.2) is 42.1 Å². The molecule has 1 heterocycles. The van der Waals surface area contributed by atoms with Crippen molar-refractivity contribution in [3.63, 3.8) is 0 Å². The third kappa shape index (κ3) is 5.78. The fourth-order valence-electron chi connectivity index (χ4n) is 1.66. The molecular formula is C14H26N4S. The summed E-state index contributed by atoms with van der Waals surface area (Å²) in [5.74, 6) is 2.58. The molecule has 1 rings (SSSR count). The Morgan fingerprint density at radius 2 is 2.16 bits per heavy atom. The van der Waals surface area contributed by atoms with Crippen LogP contribution in [0, 0.1) is 12.8 Å². The Hall–Kier alpha value is -0.810. The Bertz CT molecular complexity index is 382. The largest absolute Gasteiger partial charge is 0.343 e. The Balaban J connectivity index is 2.58. The maximum absolute atomic E-state index is 4.59. The van der Waals surface area contributed by atoms with Crippen molar-refractivity contribution in [3.8, 4) is 0 Å². The molecule has 0 aliphatic rings. The Kier molecular flexibility index (Phi) is 7.16. The van der Waals surface area contributed by atoms with Crippen molar-refractivity contribution in [2.75, 3.05) is 37.0 Å². The van der Waals surface area contributed by atoms with Gasteiger partial charge >= 0.3 is 0 Å². The van der Waals surface area contributed by atoms with Gasteiger partial charge in [-0.15, -0.1) is 0 Å². The smallest absolute Gasteiger partial charge is 0.225 e. The molecule has 0 spiro atoms. The normalized spacial score (nSPS) is 11.1. The lowest BCUT2D eigenvalue weighted by molar-refractivity contribution is 0.550. The minimum absolute atomic E-state index is 0.665. The van der Waals surface area contributed by atoms with E-state index in [1.807, 2.05) is 25.0 Å². The van der Waals surface area contributed by atoms with Crippen LogP contribution in [-0.2, 0) is 6.54 Å². The number of aromatic nitrogens is 2. The minimum atomic E-state index is 0.665. The predicted octanol–water partition coefficient (Wildman–Crippen LogP) is 2.33. The van der Waals surface area contributed by atoms with E-state index < -0.39 is 0 Å². The molecule has 0 fully saturated rings. The quantitative estimate of drug-likeness (QED) is 0.792. The first-order valence-corrected chi connectivity index (χ1v) is 8.17.